The third kappa shape index (κ3) is 2.86. The molecule has 2 amide bonds. The summed E-state index contributed by atoms with van der Waals surface area (Å²) in [6, 6.07) is 0. The molecular weight excluding hydrogens is 412 g/mol. The van der Waals surface area contributed by atoms with Crippen LogP contribution >= 0.6 is 0 Å². The molecule has 8 fully saturated rings. The molecule has 8 nitrogen and oxygen atoms in total. The summed E-state index contributed by atoms with van der Waals surface area (Å²) < 4.78 is 0. The second-order valence-corrected chi connectivity index (χ2v) is 12.6. The van der Waals surface area contributed by atoms with Crippen LogP contribution < -0.4 is 10.6 Å². The first-order valence-corrected chi connectivity index (χ1v) is 12.2. The predicted octanol–water partition coefficient (Wildman–Crippen LogP) is 2.07. The van der Waals surface area contributed by atoms with Gasteiger partial charge in [0.1, 0.15) is 0 Å². The van der Waals surface area contributed by atoms with E-state index in [2.05, 4.69) is 10.6 Å². The Kier molecular flexibility index (Phi) is 4.01. The van der Waals surface area contributed by atoms with Crippen molar-refractivity contribution in [3.05, 3.63) is 0 Å². The monoisotopic (exact) mass is 444 g/mol. The maximum absolute atomic E-state index is 13.1. The first-order chi connectivity index (χ1) is 15.0. The minimum absolute atomic E-state index is 0.286. The molecule has 8 bridgehead atoms. The van der Waals surface area contributed by atoms with Gasteiger partial charge in [-0.3, -0.25) is 19.2 Å². The van der Waals surface area contributed by atoms with E-state index in [0.29, 0.717) is 38.5 Å². The van der Waals surface area contributed by atoms with E-state index >= 15 is 0 Å². The molecule has 0 saturated heterocycles. The molecule has 0 aromatic rings. The van der Waals surface area contributed by atoms with Crippen LogP contribution in [0.25, 0.3) is 0 Å². The van der Waals surface area contributed by atoms with E-state index < -0.39 is 45.7 Å². The van der Waals surface area contributed by atoms with Crippen molar-refractivity contribution >= 4 is 23.8 Å². The SMILES string of the molecule is O=C(NC12CC3CC(C1)CC(C(=O)O)(C3)C2)C(=O)NC12CC3CC(C1)CC(C(=O)O)(C3)C2. The number of carboxylic acids is 2. The van der Waals surface area contributed by atoms with Crippen molar-refractivity contribution < 1.29 is 29.4 Å². The van der Waals surface area contributed by atoms with Crippen LogP contribution in [0, 0.1) is 34.5 Å². The van der Waals surface area contributed by atoms with Gasteiger partial charge in [-0.15, -0.1) is 0 Å². The van der Waals surface area contributed by atoms with Crippen molar-refractivity contribution in [2.24, 2.45) is 34.5 Å². The van der Waals surface area contributed by atoms with Gasteiger partial charge < -0.3 is 20.8 Å². The Labute approximate surface area is 186 Å². The quantitative estimate of drug-likeness (QED) is 0.491. The fourth-order valence-corrected chi connectivity index (χ4v) is 9.91. The summed E-state index contributed by atoms with van der Waals surface area (Å²) in [7, 11) is 0. The summed E-state index contributed by atoms with van der Waals surface area (Å²) in [4.78, 5) is 50.3. The number of hydrogen-bond donors (Lipinski definition) is 4. The largest absolute Gasteiger partial charge is 0.481 e. The van der Waals surface area contributed by atoms with Gasteiger partial charge in [0, 0.05) is 11.1 Å². The standard InChI is InChI=1S/C24H32N2O6/c27-17(25-23-7-13-1-14(8-23)4-21(3-13,11-23)19(29)30)18(28)26-24-9-15-2-16(10-24)6-22(5-15,12-24)20(31)32/h13-16H,1-12H2,(H,25,27)(H,26,28)(H,29,30)(H,31,32). The number of carboxylic acid groups (broad SMARTS) is 2. The zero-order chi connectivity index (χ0) is 22.5. The number of rotatable bonds is 4. The molecular formula is C24H32N2O6. The van der Waals surface area contributed by atoms with Gasteiger partial charge in [-0.2, -0.15) is 0 Å². The maximum atomic E-state index is 13.1. The van der Waals surface area contributed by atoms with E-state index in [-0.39, 0.29) is 23.7 Å². The highest BCUT2D eigenvalue weighted by Crippen LogP contribution is 2.63. The second-order valence-electron chi connectivity index (χ2n) is 12.6. The highest BCUT2D eigenvalue weighted by atomic mass is 16.4. The maximum Gasteiger partial charge on any atom is 0.309 e. The van der Waals surface area contributed by atoms with Crippen molar-refractivity contribution in [3.8, 4) is 0 Å². The lowest BCUT2D eigenvalue weighted by Gasteiger charge is -2.61. The van der Waals surface area contributed by atoms with Crippen LogP contribution in [0.15, 0.2) is 0 Å². The Bertz CT molecular complexity index is 825. The van der Waals surface area contributed by atoms with Crippen molar-refractivity contribution in [3.63, 3.8) is 0 Å². The van der Waals surface area contributed by atoms with Crippen molar-refractivity contribution in [1.29, 1.82) is 0 Å². The predicted molar refractivity (Wildman–Crippen MR) is 111 cm³/mol. The average molecular weight is 445 g/mol. The zero-order valence-corrected chi connectivity index (χ0v) is 18.3. The van der Waals surface area contributed by atoms with E-state index in [9.17, 15) is 29.4 Å². The van der Waals surface area contributed by atoms with Crippen LogP contribution in [0.2, 0.25) is 0 Å². The molecule has 0 aromatic carbocycles. The summed E-state index contributed by atoms with van der Waals surface area (Å²) in [5.74, 6) is -1.78. The number of nitrogens with one attached hydrogen (secondary N) is 2. The summed E-state index contributed by atoms with van der Waals surface area (Å²) in [6.45, 7) is 0. The van der Waals surface area contributed by atoms with E-state index in [4.69, 9.17) is 0 Å². The molecule has 8 aliphatic carbocycles. The van der Waals surface area contributed by atoms with Gasteiger partial charge in [0.25, 0.3) is 0 Å². The fourth-order valence-electron chi connectivity index (χ4n) is 9.91. The van der Waals surface area contributed by atoms with E-state index in [1.165, 1.54) is 0 Å². The van der Waals surface area contributed by atoms with Gasteiger partial charge >= 0.3 is 23.8 Å². The normalized spacial score (nSPS) is 49.6. The molecule has 8 rings (SSSR count). The first kappa shape index (κ1) is 20.5. The number of carbonyl (C=O) groups excluding carboxylic acids is 2. The lowest BCUT2D eigenvalue weighted by Crippen LogP contribution is -2.68. The molecule has 8 saturated carbocycles. The minimum atomic E-state index is -0.776. The van der Waals surface area contributed by atoms with Crippen molar-refractivity contribution in [2.45, 2.75) is 88.1 Å². The van der Waals surface area contributed by atoms with Crippen LogP contribution in [0.3, 0.4) is 0 Å². The molecule has 0 heterocycles. The first-order valence-electron chi connectivity index (χ1n) is 12.2. The molecule has 0 aliphatic heterocycles. The lowest BCUT2D eigenvalue weighted by atomic mass is 9.46. The zero-order valence-electron chi connectivity index (χ0n) is 18.3. The molecule has 4 N–H and O–H groups in total. The Morgan fingerprint density at radius 3 is 1.16 bits per heavy atom. The Hall–Kier alpha value is -2.12. The molecule has 0 spiro atoms. The second kappa shape index (κ2) is 6.26. The molecule has 0 aromatic heterocycles. The van der Waals surface area contributed by atoms with E-state index in [0.717, 1.165) is 38.5 Å². The van der Waals surface area contributed by atoms with Crippen LogP contribution in [-0.2, 0) is 19.2 Å². The topological polar surface area (TPSA) is 133 Å². The van der Waals surface area contributed by atoms with Gasteiger partial charge in [-0.05, 0) is 101 Å². The molecule has 4 unspecified atom stereocenters. The third-order valence-electron chi connectivity index (χ3n) is 9.99. The highest BCUT2D eigenvalue weighted by Gasteiger charge is 2.63. The molecule has 4 atom stereocenters. The van der Waals surface area contributed by atoms with Gasteiger partial charge in [0.15, 0.2) is 0 Å². The summed E-state index contributed by atoms with van der Waals surface area (Å²) in [5.41, 5.74) is -2.77. The summed E-state index contributed by atoms with van der Waals surface area (Å²) >= 11 is 0. The Balaban J connectivity index is 1.19. The minimum Gasteiger partial charge on any atom is -0.481 e. The smallest absolute Gasteiger partial charge is 0.309 e. The van der Waals surface area contributed by atoms with Gasteiger partial charge in [-0.1, -0.05) is 0 Å². The van der Waals surface area contributed by atoms with Crippen LogP contribution in [0.4, 0.5) is 0 Å². The highest BCUT2D eigenvalue weighted by molar-refractivity contribution is 6.35. The molecule has 8 aliphatic rings. The number of carbonyl (C=O) groups is 4. The Morgan fingerprint density at radius 1 is 0.562 bits per heavy atom. The fraction of sp³-hybridized carbons (Fsp3) is 0.833. The van der Waals surface area contributed by atoms with Crippen LogP contribution in [0.5, 0.6) is 0 Å². The van der Waals surface area contributed by atoms with Gasteiger partial charge in [0.2, 0.25) is 0 Å². The number of aliphatic carboxylic acids is 2. The van der Waals surface area contributed by atoms with E-state index in [1.54, 1.807) is 0 Å². The Morgan fingerprint density at radius 2 is 0.875 bits per heavy atom. The molecule has 0 radical (unpaired) electrons. The number of hydrogen-bond acceptors (Lipinski definition) is 4. The summed E-state index contributed by atoms with van der Waals surface area (Å²) in [6.07, 6.45) is 8.50. The van der Waals surface area contributed by atoms with Crippen molar-refractivity contribution in [1.82, 2.24) is 10.6 Å². The average Bonchev–Trinajstić information content (AvgIpc) is 2.64. The molecule has 8 heteroatoms. The van der Waals surface area contributed by atoms with Gasteiger partial charge in [-0.25, -0.2) is 0 Å². The molecule has 174 valence electrons. The molecule has 32 heavy (non-hydrogen) atoms. The summed E-state index contributed by atoms with van der Waals surface area (Å²) in [5, 5.41) is 25.8. The van der Waals surface area contributed by atoms with Crippen LogP contribution in [0.1, 0.15) is 77.0 Å². The number of amides is 2. The van der Waals surface area contributed by atoms with Crippen molar-refractivity contribution in [2.75, 3.05) is 0 Å². The third-order valence-corrected chi connectivity index (χ3v) is 9.99. The van der Waals surface area contributed by atoms with Gasteiger partial charge in [0.05, 0.1) is 10.8 Å². The van der Waals surface area contributed by atoms with Crippen LogP contribution in [-0.4, -0.2) is 45.0 Å². The van der Waals surface area contributed by atoms with E-state index in [1.807, 2.05) is 0 Å². The lowest BCUT2D eigenvalue weighted by molar-refractivity contribution is -0.172.